The lowest BCUT2D eigenvalue weighted by Gasteiger charge is -2.09. The first-order valence-corrected chi connectivity index (χ1v) is 8.91. The number of rotatable bonds is 5. The molecule has 1 amide bonds. The van der Waals surface area contributed by atoms with E-state index in [0.29, 0.717) is 34.5 Å². The summed E-state index contributed by atoms with van der Waals surface area (Å²) in [5.41, 5.74) is 1.88. The number of pyridine rings is 1. The number of nitrogens with one attached hydrogen (secondary N) is 2. The number of carbonyl (C=O) groups is 1. The third-order valence-corrected chi connectivity index (χ3v) is 4.23. The molecule has 4 aromatic rings. The number of ether oxygens (including phenoxy) is 1. The molecule has 28 heavy (non-hydrogen) atoms. The van der Waals surface area contributed by atoms with E-state index >= 15 is 0 Å². The van der Waals surface area contributed by atoms with Crippen LogP contribution in [0.5, 0.6) is 5.88 Å². The number of para-hydroxylation sites is 1. The van der Waals surface area contributed by atoms with Crippen molar-refractivity contribution in [1.29, 1.82) is 0 Å². The maximum atomic E-state index is 12.6. The fraction of sp³-hybridized carbons (Fsp3) is 0.200. The van der Waals surface area contributed by atoms with Crippen molar-refractivity contribution in [2.45, 2.75) is 26.5 Å². The van der Waals surface area contributed by atoms with Crippen LogP contribution < -0.4 is 15.6 Å². The first-order valence-electron chi connectivity index (χ1n) is 8.91. The Morgan fingerprint density at radius 3 is 2.79 bits per heavy atom. The van der Waals surface area contributed by atoms with Gasteiger partial charge in [0, 0.05) is 18.8 Å². The second kappa shape index (κ2) is 7.15. The molecule has 2 N–H and O–H groups in total. The molecule has 3 heterocycles. The first-order chi connectivity index (χ1) is 13.5. The van der Waals surface area contributed by atoms with E-state index in [0.717, 1.165) is 5.56 Å². The Kier molecular flexibility index (Phi) is 4.52. The highest BCUT2D eigenvalue weighted by molar-refractivity contribution is 6.00. The lowest BCUT2D eigenvalue weighted by atomic mass is 10.2. The zero-order valence-corrected chi connectivity index (χ0v) is 15.5. The summed E-state index contributed by atoms with van der Waals surface area (Å²) in [5, 5.41) is 7.60. The molecule has 0 unspecified atom stereocenters. The molecule has 0 saturated heterocycles. The third kappa shape index (κ3) is 3.32. The maximum absolute atomic E-state index is 12.6. The molecule has 142 valence electrons. The Labute approximate surface area is 160 Å². The van der Waals surface area contributed by atoms with Crippen molar-refractivity contribution in [1.82, 2.24) is 24.9 Å². The minimum Gasteiger partial charge on any atom is -0.475 e. The number of amides is 1. The number of carbonyl (C=O) groups excluding carboxylic acids is 1. The zero-order chi connectivity index (χ0) is 19.7. The van der Waals surface area contributed by atoms with Gasteiger partial charge in [0.25, 0.3) is 11.5 Å². The van der Waals surface area contributed by atoms with Gasteiger partial charge in [0.1, 0.15) is 11.2 Å². The van der Waals surface area contributed by atoms with Crippen LogP contribution in [0.4, 0.5) is 0 Å². The summed E-state index contributed by atoms with van der Waals surface area (Å²) in [4.78, 5) is 31.9. The number of hydrogen-bond donors (Lipinski definition) is 2. The Morgan fingerprint density at radius 1 is 1.21 bits per heavy atom. The fourth-order valence-electron chi connectivity index (χ4n) is 2.95. The molecular weight excluding hydrogens is 358 g/mol. The van der Waals surface area contributed by atoms with Gasteiger partial charge in [-0.2, -0.15) is 5.10 Å². The van der Waals surface area contributed by atoms with Gasteiger partial charge in [0.2, 0.25) is 5.88 Å². The predicted octanol–water partition coefficient (Wildman–Crippen LogP) is 2.29. The van der Waals surface area contributed by atoms with Crippen molar-refractivity contribution in [3.63, 3.8) is 0 Å². The van der Waals surface area contributed by atoms with Gasteiger partial charge in [-0.15, -0.1) is 0 Å². The van der Waals surface area contributed by atoms with E-state index in [1.165, 1.54) is 6.20 Å². The van der Waals surface area contributed by atoms with Crippen LogP contribution in [0.15, 0.2) is 53.6 Å². The van der Waals surface area contributed by atoms with Crippen molar-refractivity contribution in [3.8, 4) is 5.88 Å². The smallest absolute Gasteiger partial charge is 0.259 e. The topological polar surface area (TPSA) is 101 Å². The number of hydrogen-bond acceptors (Lipinski definition) is 5. The van der Waals surface area contributed by atoms with Crippen molar-refractivity contribution in [2.75, 3.05) is 0 Å². The second-order valence-corrected chi connectivity index (χ2v) is 6.64. The van der Waals surface area contributed by atoms with Crippen LogP contribution in [0, 0.1) is 0 Å². The van der Waals surface area contributed by atoms with E-state index in [2.05, 4.69) is 20.4 Å². The highest BCUT2D eigenvalue weighted by Crippen LogP contribution is 2.14. The number of benzene rings is 1. The summed E-state index contributed by atoms with van der Waals surface area (Å²) < 4.78 is 7.07. The van der Waals surface area contributed by atoms with E-state index in [1.54, 1.807) is 35.0 Å². The normalized spacial score (nSPS) is 11.2. The molecule has 0 aliphatic rings. The second-order valence-electron chi connectivity index (χ2n) is 6.64. The summed E-state index contributed by atoms with van der Waals surface area (Å²) >= 11 is 0. The van der Waals surface area contributed by atoms with Gasteiger partial charge < -0.3 is 15.0 Å². The number of nitrogens with zero attached hydrogens (tertiary/aromatic N) is 3. The molecule has 0 fully saturated rings. The quantitative estimate of drug-likeness (QED) is 0.556. The Hall–Kier alpha value is -3.68. The number of fused-ring (bicyclic) bond motifs is 3. The van der Waals surface area contributed by atoms with Crippen molar-refractivity contribution in [3.05, 3.63) is 70.3 Å². The van der Waals surface area contributed by atoms with Gasteiger partial charge in [-0.3, -0.25) is 9.59 Å². The van der Waals surface area contributed by atoms with Gasteiger partial charge >= 0.3 is 0 Å². The molecule has 0 spiro atoms. The van der Waals surface area contributed by atoms with E-state index in [1.807, 2.05) is 26.0 Å². The highest BCUT2D eigenvalue weighted by atomic mass is 16.5. The van der Waals surface area contributed by atoms with Gasteiger partial charge in [-0.05, 0) is 31.5 Å². The van der Waals surface area contributed by atoms with Crippen LogP contribution >= 0.6 is 0 Å². The largest absolute Gasteiger partial charge is 0.475 e. The molecule has 0 radical (unpaired) electrons. The minimum absolute atomic E-state index is 0.0481. The average molecular weight is 377 g/mol. The van der Waals surface area contributed by atoms with Crippen LogP contribution in [-0.4, -0.2) is 31.6 Å². The number of aromatic nitrogens is 4. The fourth-order valence-corrected chi connectivity index (χ4v) is 2.95. The summed E-state index contributed by atoms with van der Waals surface area (Å²) in [6.45, 7) is 4.15. The molecule has 0 atom stereocenters. The van der Waals surface area contributed by atoms with E-state index in [-0.39, 0.29) is 17.6 Å². The SMILES string of the molecule is CC(C)Oc1ccc(CNC(=O)c2cnn3c2[nH]c(=O)c2ccccc23)cn1. The molecule has 0 aliphatic heterocycles. The summed E-state index contributed by atoms with van der Waals surface area (Å²) in [6.07, 6.45) is 3.15. The Bertz CT molecular complexity index is 1210. The molecule has 0 bridgehead atoms. The molecule has 1 aromatic carbocycles. The monoisotopic (exact) mass is 377 g/mol. The summed E-state index contributed by atoms with van der Waals surface area (Å²) in [7, 11) is 0. The maximum Gasteiger partial charge on any atom is 0.259 e. The van der Waals surface area contributed by atoms with Crippen molar-refractivity contribution in [2.24, 2.45) is 0 Å². The first kappa shape index (κ1) is 17.7. The third-order valence-electron chi connectivity index (χ3n) is 4.23. The molecule has 8 heteroatoms. The van der Waals surface area contributed by atoms with Gasteiger partial charge in [-0.25, -0.2) is 9.50 Å². The molecule has 4 rings (SSSR count). The van der Waals surface area contributed by atoms with Gasteiger partial charge in [0.05, 0.1) is 23.2 Å². The average Bonchev–Trinajstić information content (AvgIpc) is 3.11. The molecule has 0 aliphatic carbocycles. The molecular formula is C20H19N5O3. The van der Waals surface area contributed by atoms with Crippen molar-refractivity contribution < 1.29 is 9.53 Å². The van der Waals surface area contributed by atoms with Crippen molar-refractivity contribution >= 4 is 22.5 Å². The van der Waals surface area contributed by atoms with E-state index in [9.17, 15) is 9.59 Å². The van der Waals surface area contributed by atoms with Gasteiger partial charge in [0.15, 0.2) is 0 Å². The van der Waals surface area contributed by atoms with Crippen LogP contribution in [0.3, 0.4) is 0 Å². The standard InChI is InChI=1S/C20H19N5O3/c1-12(2)28-17-8-7-13(9-21-17)10-22-19(26)15-11-23-25-16-6-4-3-5-14(16)20(27)24-18(15)25/h3-9,11-12H,10H2,1-2H3,(H,22,26)(H,24,27). The lowest BCUT2D eigenvalue weighted by Crippen LogP contribution is -2.23. The number of aromatic amines is 1. The summed E-state index contributed by atoms with van der Waals surface area (Å²) in [5.74, 6) is 0.209. The Morgan fingerprint density at radius 2 is 2.04 bits per heavy atom. The zero-order valence-electron chi connectivity index (χ0n) is 15.5. The van der Waals surface area contributed by atoms with Crippen LogP contribution in [0.25, 0.3) is 16.6 Å². The highest BCUT2D eigenvalue weighted by Gasteiger charge is 2.16. The molecule has 8 nitrogen and oxygen atoms in total. The van der Waals surface area contributed by atoms with E-state index < -0.39 is 0 Å². The van der Waals surface area contributed by atoms with Gasteiger partial charge in [-0.1, -0.05) is 18.2 Å². The van der Waals surface area contributed by atoms with Crippen LogP contribution in [-0.2, 0) is 6.54 Å². The number of H-pyrrole nitrogens is 1. The van der Waals surface area contributed by atoms with Crippen LogP contribution in [0.1, 0.15) is 29.8 Å². The summed E-state index contributed by atoms with van der Waals surface area (Å²) in [6, 6.07) is 10.7. The molecule has 0 saturated carbocycles. The Balaban J connectivity index is 1.55. The molecule has 3 aromatic heterocycles. The predicted molar refractivity (Wildman–Crippen MR) is 104 cm³/mol. The van der Waals surface area contributed by atoms with Crippen LogP contribution in [0.2, 0.25) is 0 Å². The van der Waals surface area contributed by atoms with E-state index in [4.69, 9.17) is 4.74 Å². The minimum atomic E-state index is -0.330. The lowest BCUT2D eigenvalue weighted by molar-refractivity contribution is 0.0952.